The number of ether oxygens (including phenoxy) is 1. The monoisotopic (exact) mass is 397 g/mol. The predicted molar refractivity (Wildman–Crippen MR) is 101 cm³/mol. The average molecular weight is 397 g/mol. The Balaban J connectivity index is 1.50. The van der Waals surface area contributed by atoms with Gasteiger partial charge in [-0.1, -0.05) is 6.07 Å². The van der Waals surface area contributed by atoms with Gasteiger partial charge in [0.05, 0.1) is 13.7 Å². The number of nitrogens with zero attached hydrogens (tertiary/aromatic N) is 4. The number of halogens is 1. The second-order valence-corrected chi connectivity index (χ2v) is 6.32. The number of carbonyl (C=O) groups is 2. The van der Waals surface area contributed by atoms with E-state index in [0.29, 0.717) is 17.1 Å². The van der Waals surface area contributed by atoms with Crippen LogP contribution in [0.3, 0.4) is 0 Å². The first-order valence-electron chi connectivity index (χ1n) is 8.66. The van der Waals surface area contributed by atoms with Crippen LogP contribution in [-0.2, 0) is 17.9 Å². The van der Waals surface area contributed by atoms with Gasteiger partial charge in [0.1, 0.15) is 18.1 Å². The lowest BCUT2D eigenvalue weighted by Gasteiger charge is -2.14. The smallest absolute Gasteiger partial charge is 0.354 e. The third-order valence-corrected chi connectivity index (χ3v) is 4.41. The second kappa shape index (κ2) is 7.23. The van der Waals surface area contributed by atoms with Crippen LogP contribution in [0, 0.1) is 5.82 Å². The second-order valence-electron chi connectivity index (χ2n) is 6.32. The van der Waals surface area contributed by atoms with E-state index in [9.17, 15) is 18.8 Å². The molecule has 0 saturated heterocycles. The van der Waals surface area contributed by atoms with Crippen molar-refractivity contribution in [2.24, 2.45) is 0 Å². The molecule has 2 aromatic carbocycles. The van der Waals surface area contributed by atoms with E-state index in [-0.39, 0.29) is 18.9 Å². The van der Waals surface area contributed by atoms with Crippen LogP contribution in [-0.4, -0.2) is 33.4 Å². The third kappa shape index (κ3) is 3.47. The van der Waals surface area contributed by atoms with E-state index in [1.807, 2.05) is 0 Å². The van der Waals surface area contributed by atoms with Crippen LogP contribution in [0.4, 0.5) is 20.6 Å². The van der Waals surface area contributed by atoms with Gasteiger partial charge in [0.2, 0.25) is 5.91 Å². The van der Waals surface area contributed by atoms with Crippen LogP contribution in [0.15, 0.2) is 53.3 Å². The summed E-state index contributed by atoms with van der Waals surface area (Å²) >= 11 is 0. The van der Waals surface area contributed by atoms with Gasteiger partial charge in [-0.3, -0.25) is 9.69 Å². The molecule has 2 amide bonds. The zero-order valence-corrected chi connectivity index (χ0v) is 15.3. The zero-order chi connectivity index (χ0) is 20.5. The summed E-state index contributed by atoms with van der Waals surface area (Å²) in [7, 11) is 1.51. The van der Waals surface area contributed by atoms with Gasteiger partial charge in [0, 0.05) is 17.4 Å². The molecular formula is C19H16FN5O4. The Kier molecular flexibility index (Phi) is 4.59. The van der Waals surface area contributed by atoms with Gasteiger partial charge in [-0.15, -0.1) is 0 Å². The lowest BCUT2D eigenvalue weighted by molar-refractivity contribution is -0.117. The first-order valence-corrected chi connectivity index (χ1v) is 8.66. The zero-order valence-electron chi connectivity index (χ0n) is 15.3. The summed E-state index contributed by atoms with van der Waals surface area (Å²) in [6.07, 6.45) is 0. The normalized spacial score (nSPS) is 12.8. The van der Waals surface area contributed by atoms with E-state index in [0.717, 1.165) is 9.25 Å². The molecule has 29 heavy (non-hydrogen) atoms. The van der Waals surface area contributed by atoms with Crippen LogP contribution >= 0.6 is 0 Å². The summed E-state index contributed by atoms with van der Waals surface area (Å²) in [4.78, 5) is 38.7. The molecule has 1 N–H and O–H groups in total. The molecule has 2 heterocycles. The number of rotatable bonds is 5. The van der Waals surface area contributed by atoms with Gasteiger partial charge in [-0.25, -0.2) is 18.7 Å². The minimum absolute atomic E-state index is 0.0458. The van der Waals surface area contributed by atoms with Gasteiger partial charge < -0.3 is 10.1 Å². The highest BCUT2D eigenvalue weighted by molar-refractivity contribution is 5.96. The maximum absolute atomic E-state index is 13.1. The lowest BCUT2D eigenvalue weighted by atomic mass is 10.3. The molecule has 0 unspecified atom stereocenters. The molecule has 0 atom stereocenters. The van der Waals surface area contributed by atoms with Crippen molar-refractivity contribution < 1.29 is 18.7 Å². The highest BCUT2D eigenvalue weighted by Crippen LogP contribution is 2.22. The van der Waals surface area contributed by atoms with E-state index >= 15 is 0 Å². The fourth-order valence-corrected chi connectivity index (χ4v) is 3.04. The van der Waals surface area contributed by atoms with Crippen LogP contribution in [0.2, 0.25) is 0 Å². The van der Waals surface area contributed by atoms with Crippen molar-refractivity contribution >= 4 is 23.3 Å². The molecule has 0 radical (unpaired) electrons. The molecule has 4 rings (SSSR count). The molecule has 0 fully saturated rings. The van der Waals surface area contributed by atoms with E-state index in [2.05, 4.69) is 10.4 Å². The Morgan fingerprint density at radius 2 is 1.97 bits per heavy atom. The number of amides is 2. The van der Waals surface area contributed by atoms with Gasteiger partial charge in [-0.2, -0.15) is 9.67 Å². The highest BCUT2D eigenvalue weighted by atomic mass is 19.1. The number of anilines is 2. The van der Waals surface area contributed by atoms with Crippen LogP contribution < -0.4 is 20.6 Å². The van der Waals surface area contributed by atoms with Gasteiger partial charge in [0.15, 0.2) is 5.82 Å². The lowest BCUT2D eigenvalue weighted by Crippen LogP contribution is -2.36. The summed E-state index contributed by atoms with van der Waals surface area (Å²) in [6, 6.07) is 11.5. The molecule has 3 aromatic rings. The number of aromatic nitrogens is 3. The molecule has 0 bridgehead atoms. The minimum atomic E-state index is -0.713. The molecule has 0 saturated carbocycles. The standard InChI is InChI=1S/C19H16FN5O4/c1-29-15-4-2-3-13(9-15)21-17(26)11-24-19(28)25-16(22-24)10-23(18(25)27)14-7-5-12(20)6-8-14/h2-9H,10-11H2,1H3,(H,21,26). The number of benzene rings is 2. The molecule has 1 aliphatic rings. The number of hydrogen-bond donors (Lipinski definition) is 1. The van der Waals surface area contributed by atoms with Crippen molar-refractivity contribution in [1.82, 2.24) is 14.3 Å². The molecule has 0 spiro atoms. The predicted octanol–water partition coefficient (Wildman–Crippen LogP) is 1.82. The van der Waals surface area contributed by atoms with Gasteiger partial charge >= 0.3 is 11.7 Å². The first-order chi connectivity index (χ1) is 14.0. The molecule has 1 aromatic heterocycles. The van der Waals surface area contributed by atoms with E-state index in [1.54, 1.807) is 24.3 Å². The SMILES string of the molecule is COc1cccc(NC(=O)Cn2nc3n(c2=O)C(=O)N(c2ccc(F)cc2)C3)c1. The maximum atomic E-state index is 13.1. The van der Waals surface area contributed by atoms with Crippen molar-refractivity contribution in [1.29, 1.82) is 0 Å². The summed E-state index contributed by atoms with van der Waals surface area (Å²) in [5.74, 6) is -0.117. The number of hydrogen-bond acceptors (Lipinski definition) is 5. The van der Waals surface area contributed by atoms with Gasteiger partial charge in [-0.05, 0) is 36.4 Å². The van der Waals surface area contributed by atoms with Crippen LogP contribution in [0.5, 0.6) is 5.75 Å². The Hall–Kier alpha value is -3.95. The highest BCUT2D eigenvalue weighted by Gasteiger charge is 2.33. The molecule has 9 nitrogen and oxygen atoms in total. The molecule has 0 aliphatic carbocycles. The topological polar surface area (TPSA) is 98.5 Å². The Labute approximate surface area is 163 Å². The summed E-state index contributed by atoms with van der Waals surface area (Å²) in [5, 5.41) is 6.74. The maximum Gasteiger partial charge on any atom is 0.354 e. The minimum Gasteiger partial charge on any atom is -0.497 e. The van der Waals surface area contributed by atoms with Crippen LogP contribution in [0.1, 0.15) is 5.82 Å². The summed E-state index contributed by atoms with van der Waals surface area (Å²) < 4.78 is 20.0. The van der Waals surface area contributed by atoms with E-state index in [1.165, 1.54) is 36.3 Å². The van der Waals surface area contributed by atoms with Crippen molar-refractivity contribution in [3.63, 3.8) is 0 Å². The Morgan fingerprint density at radius 1 is 1.21 bits per heavy atom. The van der Waals surface area contributed by atoms with Gasteiger partial charge in [0.25, 0.3) is 0 Å². The summed E-state index contributed by atoms with van der Waals surface area (Å²) in [5.41, 5.74) is 0.242. The first kappa shape index (κ1) is 18.4. The number of methoxy groups -OCH3 is 1. The average Bonchev–Trinajstić information content (AvgIpc) is 3.19. The van der Waals surface area contributed by atoms with E-state index < -0.39 is 23.4 Å². The quantitative estimate of drug-likeness (QED) is 0.708. The van der Waals surface area contributed by atoms with Crippen molar-refractivity contribution in [3.05, 3.63) is 70.7 Å². The number of carbonyl (C=O) groups excluding carboxylic acids is 2. The fourth-order valence-electron chi connectivity index (χ4n) is 3.04. The van der Waals surface area contributed by atoms with E-state index in [4.69, 9.17) is 4.74 Å². The van der Waals surface area contributed by atoms with Crippen molar-refractivity contribution in [2.45, 2.75) is 13.1 Å². The number of fused-ring (bicyclic) bond motifs is 1. The Morgan fingerprint density at radius 3 is 2.66 bits per heavy atom. The number of nitrogens with one attached hydrogen (secondary N) is 1. The fraction of sp³-hybridized carbons (Fsp3) is 0.158. The van der Waals surface area contributed by atoms with Crippen molar-refractivity contribution in [3.8, 4) is 5.75 Å². The third-order valence-electron chi connectivity index (χ3n) is 4.41. The Bertz CT molecular complexity index is 1150. The molecule has 10 heteroatoms. The summed E-state index contributed by atoms with van der Waals surface area (Å²) in [6.45, 7) is -0.302. The molecule has 148 valence electrons. The molecular weight excluding hydrogens is 381 g/mol. The van der Waals surface area contributed by atoms with Crippen LogP contribution in [0.25, 0.3) is 0 Å². The molecule has 1 aliphatic heterocycles. The van der Waals surface area contributed by atoms with Crippen molar-refractivity contribution in [2.75, 3.05) is 17.3 Å². The largest absolute Gasteiger partial charge is 0.497 e.